The third kappa shape index (κ3) is 3.66. The summed E-state index contributed by atoms with van der Waals surface area (Å²) in [6.07, 6.45) is 1.03. The highest BCUT2D eigenvalue weighted by Crippen LogP contribution is 2.14. The van der Waals surface area contributed by atoms with Crippen LogP contribution in [0.1, 0.15) is 29.7 Å². The number of benzene rings is 2. The van der Waals surface area contributed by atoms with Crippen LogP contribution in [0.2, 0.25) is 0 Å². The zero-order valence-electron chi connectivity index (χ0n) is 11.3. The third-order valence-corrected chi connectivity index (χ3v) is 3.42. The van der Waals surface area contributed by atoms with Crippen LogP contribution in [-0.2, 0) is 13.0 Å². The van der Waals surface area contributed by atoms with Gasteiger partial charge in [-0.2, -0.15) is 0 Å². The molecule has 0 unspecified atom stereocenters. The second kappa shape index (κ2) is 7.07. The second-order valence-electron chi connectivity index (χ2n) is 4.65. The smallest absolute Gasteiger partial charge is 0.0626 e. The van der Waals surface area contributed by atoms with Gasteiger partial charge in [0, 0.05) is 6.54 Å². The molecule has 0 aromatic heterocycles. The van der Waals surface area contributed by atoms with E-state index in [1.807, 2.05) is 30.3 Å². The number of nitrogens with one attached hydrogen (secondary N) is 1. The van der Waals surface area contributed by atoms with Gasteiger partial charge in [-0.15, -0.1) is 0 Å². The highest BCUT2D eigenvalue weighted by molar-refractivity contribution is 5.27. The molecule has 2 heteroatoms. The van der Waals surface area contributed by atoms with Gasteiger partial charge >= 0.3 is 0 Å². The van der Waals surface area contributed by atoms with Crippen molar-refractivity contribution in [3.8, 4) is 0 Å². The van der Waals surface area contributed by atoms with Gasteiger partial charge in [0.2, 0.25) is 0 Å². The van der Waals surface area contributed by atoms with Crippen molar-refractivity contribution in [2.75, 3.05) is 6.61 Å². The van der Waals surface area contributed by atoms with E-state index >= 15 is 0 Å². The lowest BCUT2D eigenvalue weighted by Gasteiger charge is -2.18. The summed E-state index contributed by atoms with van der Waals surface area (Å²) in [5.41, 5.74) is 3.79. The fourth-order valence-electron chi connectivity index (χ4n) is 2.28. The number of hydrogen-bond donors (Lipinski definition) is 2. The molecule has 0 bridgehead atoms. The van der Waals surface area contributed by atoms with Crippen LogP contribution in [0.5, 0.6) is 0 Å². The number of aliphatic hydroxyl groups is 1. The monoisotopic (exact) mass is 255 g/mol. The summed E-state index contributed by atoms with van der Waals surface area (Å²) < 4.78 is 0. The van der Waals surface area contributed by atoms with Crippen LogP contribution in [0.4, 0.5) is 0 Å². The SMILES string of the molecule is CCc1ccccc1CN[C@@H](CO)c1ccccc1. The van der Waals surface area contributed by atoms with E-state index in [-0.39, 0.29) is 12.6 Å². The molecule has 0 heterocycles. The molecule has 0 aliphatic carbocycles. The van der Waals surface area contributed by atoms with E-state index in [9.17, 15) is 5.11 Å². The van der Waals surface area contributed by atoms with Crippen molar-refractivity contribution < 1.29 is 5.11 Å². The Labute approximate surface area is 115 Å². The lowest BCUT2D eigenvalue weighted by Crippen LogP contribution is -2.24. The molecule has 19 heavy (non-hydrogen) atoms. The third-order valence-electron chi connectivity index (χ3n) is 3.42. The van der Waals surface area contributed by atoms with Gasteiger partial charge in [0.1, 0.15) is 0 Å². The van der Waals surface area contributed by atoms with Crippen molar-refractivity contribution >= 4 is 0 Å². The number of aryl methyl sites for hydroxylation is 1. The maximum absolute atomic E-state index is 9.52. The molecule has 0 spiro atoms. The van der Waals surface area contributed by atoms with Gasteiger partial charge in [-0.25, -0.2) is 0 Å². The Morgan fingerprint density at radius 1 is 0.947 bits per heavy atom. The van der Waals surface area contributed by atoms with E-state index in [0.717, 1.165) is 18.5 Å². The van der Waals surface area contributed by atoms with Crippen molar-refractivity contribution in [1.29, 1.82) is 0 Å². The minimum Gasteiger partial charge on any atom is -0.394 e. The molecule has 2 N–H and O–H groups in total. The molecule has 2 aromatic rings. The molecule has 0 fully saturated rings. The van der Waals surface area contributed by atoms with Crippen molar-refractivity contribution in [3.05, 3.63) is 71.3 Å². The van der Waals surface area contributed by atoms with E-state index in [2.05, 4.69) is 36.5 Å². The quantitative estimate of drug-likeness (QED) is 0.831. The van der Waals surface area contributed by atoms with E-state index in [1.165, 1.54) is 11.1 Å². The first kappa shape index (κ1) is 13.8. The van der Waals surface area contributed by atoms with Gasteiger partial charge in [0.15, 0.2) is 0 Å². The van der Waals surface area contributed by atoms with Crippen molar-refractivity contribution in [2.24, 2.45) is 0 Å². The molecule has 0 amide bonds. The minimum atomic E-state index is -0.00823. The molecule has 2 nitrogen and oxygen atoms in total. The van der Waals surface area contributed by atoms with Crippen molar-refractivity contribution in [1.82, 2.24) is 5.32 Å². The van der Waals surface area contributed by atoms with Crippen LogP contribution in [0.25, 0.3) is 0 Å². The molecule has 1 atom stereocenters. The molecule has 2 rings (SSSR count). The molecule has 0 radical (unpaired) electrons. The van der Waals surface area contributed by atoms with Crippen molar-refractivity contribution in [2.45, 2.75) is 25.9 Å². The fraction of sp³-hybridized carbons (Fsp3) is 0.294. The summed E-state index contributed by atoms with van der Waals surface area (Å²) in [6, 6.07) is 18.5. The summed E-state index contributed by atoms with van der Waals surface area (Å²) in [5, 5.41) is 12.9. The molecular weight excluding hydrogens is 234 g/mol. The lowest BCUT2D eigenvalue weighted by molar-refractivity contribution is 0.243. The Kier molecular flexibility index (Phi) is 5.13. The highest BCUT2D eigenvalue weighted by Gasteiger charge is 2.09. The summed E-state index contributed by atoms with van der Waals surface area (Å²) in [4.78, 5) is 0. The predicted molar refractivity (Wildman–Crippen MR) is 78.9 cm³/mol. The van der Waals surface area contributed by atoms with Gasteiger partial charge in [0.05, 0.1) is 12.6 Å². The van der Waals surface area contributed by atoms with Gasteiger partial charge in [-0.05, 0) is 23.1 Å². The fourth-order valence-corrected chi connectivity index (χ4v) is 2.28. The van der Waals surface area contributed by atoms with Crippen LogP contribution in [0.15, 0.2) is 54.6 Å². The maximum atomic E-state index is 9.52. The molecule has 0 aliphatic heterocycles. The predicted octanol–water partition coefficient (Wildman–Crippen LogP) is 3.07. The van der Waals surface area contributed by atoms with Gasteiger partial charge in [-0.3, -0.25) is 0 Å². The number of aliphatic hydroxyl groups excluding tert-OH is 1. The van der Waals surface area contributed by atoms with Gasteiger partial charge < -0.3 is 10.4 Å². The molecule has 2 aromatic carbocycles. The highest BCUT2D eigenvalue weighted by atomic mass is 16.3. The normalized spacial score (nSPS) is 12.3. The first-order valence-corrected chi connectivity index (χ1v) is 6.81. The van der Waals surface area contributed by atoms with Gasteiger partial charge in [-0.1, -0.05) is 61.5 Å². The van der Waals surface area contributed by atoms with Crippen LogP contribution >= 0.6 is 0 Å². The van der Waals surface area contributed by atoms with Gasteiger partial charge in [0.25, 0.3) is 0 Å². The second-order valence-corrected chi connectivity index (χ2v) is 4.65. The van der Waals surface area contributed by atoms with Crippen LogP contribution in [0, 0.1) is 0 Å². The van der Waals surface area contributed by atoms with E-state index in [4.69, 9.17) is 0 Å². The topological polar surface area (TPSA) is 32.3 Å². The zero-order valence-corrected chi connectivity index (χ0v) is 11.3. The Bertz CT molecular complexity index is 496. The first-order chi connectivity index (χ1) is 9.35. The Morgan fingerprint density at radius 2 is 1.58 bits per heavy atom. The lowest BCUT2D eigenvalue weighted by atomic mass is 10.0. The Morgan fingerprint density at radius 3 is 2.21 bits per heavy atom. The summed E-state index contributed by atoms with van der Waals surface area (Å²) >= 11 is 0. The average molecular weight is 255 g/mol. The van der Waals surface area contributed by atoms with E-state index < -0.39 is 0 Å². The first-order valence-electron chi connectivity index (χ1n) is 6.81. The van der Waals surface area contributed by atoms with E-state index in [1.54, 1.807) is 0 Å². The van der Waals surface area contributed by atoms with Crippen molar-refractivity contribution in [3.63, 3.8) is 0 Å². The Balaban J connectivity index is 2.04. The van der Waals surface area contributed by atoms with Crippen LogP contribution < -0.4 is 5.32 Å². The zero-order chi connectivity index (χ0) is 13.5. The molecule has 0 aliphatic rings. The Hall–Kier alpha value is -1.64. The average Bonchev–Trinajstić information content (AvgIpc) is 2.49. The summed E-state index contributed by atoms with van der Waals surface area (Å²) in [7, 11) is 0. The number of hydrogen-bond acceptors (Lipinski definition) is 2. The van der Waals surface area contributed by atoms with Crippen LogP contribution in [-0.4, -0.2) is 11.7 Å². The molecule has 0 saturated heterocycles. The minimum absolute atomic E-state index is 0.00823. The molecule has 0 saturated carbocycles. The van der Waals surface area contributed by atoms with Crippen LogP contribution in [0.3, 0.4) is 0 Å². The standard InChI is InChI=1S/C17H21NO/c1-2-14-8-6-7-11-16(14)12-18-17(13-19)15-9-4-3-5-10-15/h3-11,17-19H,2,12-13H2,1H3/t17-/m0/s1. The molecule has 100 valence electrons. The summed E-state index contributed by atoms with van der Waals surface area (Å²) in [5.74, 6) is 0. The molecular formula is C17H21NO. The number of rotatable bonds is 6. The summed E-state index contributed by atoms with van der Waals surface area (Å²) in [6.45, 7) is 3.06. The largest absolute Gasteiger partial charge is 0.394 e. The maximum Gasteiger partial charge on any atom is 0.0626 e. The van der Waals surface area contributed by atoms with E-state index in [0.29, 0.717) is 0 Å².